The number of aliphatic hydroxyl groups is 1. The molecule has 0 aliphatic carbocycles. The summed E-state index contributed by atoms with van der Waals surface area (Å²) in [6.07, 6.45) is 0. The average Bonchev–Trinajstić information content (AvgIpc) is 2.89. The van der Waals surface area contributed by atoms with Crippen molar-refractivity contribution in [2.24, 2.45) is 0 Å². The van der Waals surface area contributed by atoms with Gasteiger partial charge in [0.1, 0.15) is 5.76 Å². The van der Waals surface area contributed by atoms with Crippen LogP contribution in [-0.4, -0.2) is 23.7 Å². The highest BCUT2D eigenvalue weighted by Crippen LogP contribution is 2.21. The van der Waals surface area contributed by atoms with E-state index < -0.39 is 0 Å². The second kappa shape index (κ2) is 5.51. The molecule has 1 aromatic heterocycles. The molecule has 0 saturated carbocycles. The molecule has 4 nitrogen and oxygen atoms in total. The molecule has 1 atom stereocenters. The van der Waals surface area contributed by atoms with Gasteiger partial charge in [-0.25, -0.2) is 0 Å². The van der Waals surface area contributed by atoms with Gasteiger partial charge >= 0.3 is 0 Å². The largest absolute Gasteiger partial charge is 0.451 e. The molecule has 0 spiro atoms. The summed E-state index contributed by atoms with van der Waals surface area (Å²) in [5.41, 5.74) is 0.923. The van der Waals surface area contributed by atoms with Crippen molar-refractivity contribution in [1.82, 2.24) is 5.32 Å². The van der Waals surface area contributed by atoms with E-state index in [1.807, 2.05) is 30.3 Å². The zero-order valence-corrected chi connectivity index (χ0v) is 10.1. The Labute approximate surface area is 105 Å². The third kappa shape index (κ3) is 2.78. The molecule has 0 aliphatic rings. The summed E-state index contributed by atoms with van der Waals surface area (Å²) < 4.78 is 5.48. The van der Waals surface area contributed by atoms with Gasteiger partial charge in [-0.15, -0.1) is 0 Å². The first-order valence-electron chi connectivity index (χ1n) is 5.77. The summed E-state index contributed by atoms with van der Waals surface area (Å²) in [7, 11) is 0. The summed E-state index contributed by atoms with van der Waals surface area (Å²) in [5.74, 6) is 0.574. The first-order chi connectivity index (χ1) is 8.70. The van der Waals surface area contributed by atoms with Crippen LogP contribution in [0.4, 0.5) is 0 Å². The maximum Gasteiger partial charge on any atom is 0.287 e. The molecule has 1 heterocycles. The van der Waals surface area contributed by atoms with Gasteiger partial charge in [0.15, 0.2) is 5.76 Å². The molecule has 0 aliphatic heterocycles. The van der Waals surface area contributed by atoms with Gasteiger partial charge in [-0.3, -0.25) is 4.79 Å². The molecule has 0 bridgehead atoms. The average molecular weight is 245 g/mol. The molecule has 0 saturated heterocycles. The molecule has 94 valence electrons. The molecule has 0 radical (unpaired) electrons. The van der Waals surface area contributed by atoms with Gasteiger partial charge in [0.05, 0.1) is 6.61 Å². The molecule has 1 amide bonds. The van der Waals surface area contributed by atoms with Crippen LogP contribution in [0.3, 0.4) is 0 Å². The zero-order valence-electron chi connectivity index (χ0n) is 10.1. The molecule has 2 rings (SSSR count). The monoisotopic (exact) mass is 245 g/mol. The Bertz CT molecular complexity index is 519. The fraction of sp³-hybridized carbons (Fsp3) is 0.214. The van der Waals surface area contributed by atoms with Crippen molar-refractivity contribution < 1.29 is 14.3 Å². The number of benzene rings is 1. The van der Waals surface area contributed by atoms with Gasteiger partial charge in [-0.1, -0.05) is 30.3 Å². The number of aliphatic hydroxyl groups excluding tert-OH is 1. The van der Waals surface area contributed by atoms with E-state index in [1.54, 1.807) is 19.1 Å². The Morgan fingerprint density at radius 1 is 1.28 bits per heavy atom. The van der Waals surface area contributed by atoms with Gasteiger partial charge in [0, 0.05) is 11.6 Å². The lowest BCUT2D eigenvalue weighted by molar-refractivity contribution is 0.0895. The zero-order chi connectivity index (χ0) is 13.0. The Morgan fingerprint density at radius 3 is 2.67 bits per heavy atom. The number of amides is 1. The van der Waals surface area contributed by atoms with Gasteiger partial charge in [-0.05, 0) is 19.1 Å². The summed E-state index contributed by atoms with van der Waals surface area (Å²) in [4.78, 5) is 11.7. The van der Waals surface area contributed by atoms with Crippen molar-refractivity contribution >= 4 is 5.91 Å². The molecule has 2 aromatic rings. The van der Waals surface area contributed by atoms with E-state index in [4.69, 9.17) is 9.52 Å². The van der Waals surface area contributed by atoms with Crippen LogP contribution in [0.2, 0.25) is 0 Å². The second-order valence-electron chi connectivity index (χ2n) is 4.09. The number of carbonyl (C=O) groups excluding carboxylic acids is 1. The molecule has 1 unspecified atom stereocenters. The standard InChI is InChI=1S/C14H15NO3/c1-10(9-16)15-14(17)13-8-7-12(18-13)11-5-3-2-4-6-11/h2-8,10,16H,9H2,1H3,(H,15,17). The Kier molecular flexibility index (Phi) is 3.79. The number of hydrogen-bond acceptors (Lipinski definition) is 3. The lowest BCUT2D eigenvalue weighted by Gasteiger charge is -2.08. The van der Waals surface area contributed by atoms with E-state index in [0.717, 1.165) is 5.56 Å². The van der Waals surface area contributed by atoms with Gasteiger partial charge in [-0.2, -0.15) is 0 Å². The van der Waals surface area contributed by atoms with E-state index >= 15 is 0 Å². The fourth-order valence-electron chi connectivity index (χ4n) is 1.56. The molecule has 1 aromatic carbocycles. The summed E-state index contributed by atoms with van der Waals surface area (Å²) in [6.45, 7) is 1.62. The van der Waals surface area contributed by atoms with Crippen LogP contribution < -0.4 is 5.32 Å². The number of nitrogens with one attached hydrogen (secondary N) is 1. The van der Waals surface area contributed by atoms with Crippen LogP contribution in [0.1, 0.15) is 17.5 Å². The maximum atomic E-state index is 11.7. The van der Waals surface area contributed by atoms with E-state index in [0.29, 0.717) is 5.76 Å². The minimum Gasteiger partial charge on any atom is -0.451 e. The minimum atomic E-state index is -0.321. The summed E-state index contributed by atoms with van der Waals surface area (Å²) >= 11 is 0. The highest BCUT2D eigenvalue weighted by atomic mass is 16.4. The number of furan rings is 1. The van der Waals surface area contributed by atoms with E-state index in [1.165, 1.54) is 0 Å². The highest BCUT2D eigenvalue weighted by Gasteiger charge is 2.13. The smallest absolute Gasteiger partial charge is 0.287 e. The van der Waals surface area contributed by atoms with Gasteiger partial charge < -0.3 is 14.8 Å². The molecule has 0 fully saturated rings. The van der Waals surface area contributed by atoms with Crippen LogP contribution in [0.5, 0.6) is 0 Å². The minimum absolute atomic E-state index is 0.0992. The van der Waals surface area contributed by atoms with Gasteiger partial charge in [0.25, 0.3) is 5.91 Å². The maximum absolute atomic E-state index is 11.7. The van der Waals surface area contributed by atoms with Crippen molar-refractivity contribution in [3.8, 4) is 11.3 Å². The molecule has 4 heteroatoms. The SMILES string of the molecule is CC(CO)NC(=O)c1ccc(-c2ccccc2)o1. The normalized spacial score (nSPS) is 12.1. The second-order valence-corrected chi connectivity index (χ2v) is 4.09. The van der Waals surface area contributed by atoms with Crippen molar-refractivity contribution in [3.63, 3.8) is 0 Å². The fourth-order valence-corrected chi connectivity index (χ4v) is 1.56. The quantitative estimate of drug-likeness (QED) is 0.866. The Morgan fingerprint density at radius 2 is 2.00 bits per heavy atom. The lowest BCUT2D eigenvalue weighted by Crippen LogP contribution is -2.34. The van der Waals surface area contributed by atoms with Crippen molar-refractivity contribution in [1.29, 1.82) is 0 Å². The molecular formula is C14H15NO3. The number of rotatable bonds is 4. The predicted molar refractivity (Wildman–Crippen MR) is 68.2 cm³/mol. The third-order valence-corrected chi connectivity index (χ3v) is 2.54. The van der Waals surface area contributed by atoms with Crippen LogP contribution in [0.25, 0.3) is 11.3 Å². The summed E-state index contributed by atoms with van der Waals surface area (Å²) in [5, 5.41) is 11.5. The third-order valence-electron chi connectivity index (χ3n) is 2.54. The lowest BCUT2D eigenvalue weighted by atomic mass is 10.2. The highest BCUT2D eigenvalue weighted by molar-refractivity contribution is 5.92. The van der Waals surface area contributed by atoms with E-state index in [9.17, 15) is 4.79 Å². The van der Waals surface area contributed by atoms with Crippen molar-refractivity contribution in [2.45, 2.75) is 13.0 Å². The summed E-state index contributed by atoms with van der Waals surface area (Å²) in [6, 6.07) is 12.7. The predicted octanol–water partition coefficient (Wildman–Crippen LogP) is 2.06. The molecule has 18 heavy (non-hydrogen) atoms. The number of carbonyl (C=O) groups is 1. The van der Waals surface area contributed by atoms with Gasteiger partial charge in [0.2, 0.25) is 0 Å². The topological polar surface area (TPSA) is 62.5 Å². The van der Waals surface area contributed by atoms with E-state index in [-0.39, 0.29) is 24.3 Å². The molecule has 2 N–H and O–H groups in total. The molecular weight excluding hydrogens is 230 g/mol. The van der Waals surface area contributed by atoms with Crippen LogP contribution >= 0.6 is 0 Å². The number of hydrogen-bond donors (Lipinski definition) is 2. The van der Waals surface area contributed by atoms with Crippen LogP contribution in [0.15, 0.2) is 46.9 Å². The Hall–Kier alpha value is -2.07. The Balaban J connectivity index is 2.13. The van der Waals surface area contributed by atoms with Crippen molar-refractivity contribution in [2.75, 3.05) is 6.61 Å². The van der Waals surface area contributed by atoms with Crippen molar-refractivity contribution in [3.05, 3.63) is 48.2 Å². The first-order valence-corrected chi connectivity index (χ1v) is 5.77. The van der Waals surface area contributed by atoms with Crippen LogP contribution in [0, 0.1) is 0 Å². The van der Waals surface area contributed by atoms with Crippen LogP contribution in [-0.2, 0) is 0 Å². The van der Waals surface area contributed by atoms with E-state index in [2.05, 4.69) is 5.32 Å². The first kappa shape index (κ1) is 12.4.